The third-order valence-corrected chi connectivity index (χ3v) is 3.69. The molecule has 4 rings (SSSR count). The van der Waals surface area contributed by atoms with Crippen molar-refractivity contribution in [2.75, 3.05) is 0 Å². The van der Waals surface area contributed by atoms with Gasteiger partial charge in [0.15, 0.2) is 0 Å². The van der Waals surface area contributed by atoms with Gasteiger partial charge in [-0.15, -0.1) is 0 Å². The smallest absolute Gasteiger partial charge is 0.134 e. The Hall–Kier alpha value is -2.81. The minimum Gasteiger partial charge on any atom is -0.460 e. The SMILES string of the molecule is c1ccc(C(c2cnc[nH]2)c2cc3ccccc3o2)cc1. The van der Waals surface area contributed by atoms with Crippen LogP contribution in [0.15, 0.2) is 77.6 Å². The van der Waals surface area contributed by atoms with E-state index >= 15 is 0 Å². The van der Waals surface area contributed by atoms with Crippen LogP contribution in [0.4, 0.5) is 0 Å². The van der Waals surface area contributed by atoms with Gasteiger partial charge in [-0.1, -0.05) is 48.5 Å². The molecule has 0 saturated heterocycles. The molecule has 0 saturated carbocycles. The van der Waals surface area contributed by atoms with Crippen molar-refractivity contribution >= 4 is 11.0 Å². The zero-order valence-electron chi connectivity index (χ0n) is 11.4. The number of para-hydroxylation sites is 1. The molecule has 1 atom stereocenters. The summed E-state index contributed by atoms with van der Waals surface area (Å²) in [5.41, 5.74) is 3.12. The van der Waals surface area contributed by atoms with Gasteiger partial charge in [-0.3, -0.25) is 0 Å². The molecular formula is C18H14N2O. The number of imidazole rings is 1. The number of hydrogen-bond donors (Lipinski definition) is 1. The lowest BCUT2D eigenvalue weighted by Gasteiger charge is -2.13. The summed E-state index contributed by atoms with van der Waals surface area (Å²) in [6.45, 7) is 0. The van der Waals surface area contributed by atoms with E-state index in [-0.39, 0.29) is 5.92 Å². The Labute approximate surface area is 122 Å². The van der Waals surface area contributed by atoms with Gasteiger partial charge in [-0.05, 0) is 17.7 Å². The second-order valence-corrected chi connectivity index (χ2v) is 5.04. The minimum absolute atomic E-state index is 0.0288. The molecule has 2 aromatic heterocycles. The summed E-state index contributed by atoms with van der Waals surface area (Å²) in [5.74, 6) is 0.952. The van der Waals surface area contributed by atoms with Gasteiger partial charge in [0.25, 0.3) is 0 Å². The second kappa shape index (κ2) is 4.94. The molecule has 0 spiro atoms. The topological polar surface area (TPSA) is 41.8 Å². The molecule has 0 fully saturated rings. The highest BCUT2D eigenvalue weighted by atomic mass is 16.3. The molecule has 3 heteroatoms. The van der Waals surface area contributed by atoms with Gasteiger partial charge in [-0.2, -0.15) is 0 Å². The van der Waals surface area contributed by atoms with Gasteiger partial charge in [0.1, 0.15) is 11.3 Å². The normalized spacial score (nSPS) is 12.6. The van der Waals surface area contributed by atoms with Crippen LogP contribution in [0.25, 0.3) is 11.0 Å². The quantitative estimate of drug-likeness (QED) is 0.604. The van der Waals surface area contributed by atoms with E-state index in [0.29, 0.717) is 0 Å². The number of nitrogens with zero attached hydrogens (tertiary/aromatic N) is 1. The summed E-state index contributed by atoms with van der Waals surface area (Å²) in [4.78, 5) is 7.36. The lowest BCUT2D eigenvalue weighted by atomic mass is 9.93. The van der Waals surface area contributed by atoms with E-state index in [0.717, 1.165) is 22.4 Å². The fraction of sp³-hybridized carbons (Fsp3) is 0.0556. The molecule has 2 aromatic carbocycles. The van der Waals surface area contributed by atoms with Gasteiger partial charge in [-0.25, -0.2) is 4.98 Å². The van der Waals surface area contributed by atoms with E-state index in [1.165, 1.54) is 5.56 Å². The molecule has 4 aromatic rings. The largest absolute Gasteiger partial charge is 0.460 e. The molecule has 0 aliphatic carbocycles. The highest BCUT2D eigenvalue weighted by Gasteiger charge is 2.21. The van der Waals surface area contributed by atoms with Crippen molar-refractivity contribution in [2.24, 2.45) is 0 Å². The summed E-state index contributed by atoms with van der Waals surface area (Å²) < 4.78 is 6.06. The fourth-order valence-electron chi connectivity index (χ4n) is 2.71. The summed E-state index contributed by atoms with van der Waals surface area (Å²) in [5, 5.41) is 1.12. The Morgan fingerprint density at radius 3 is 2.52 bits per heavy atom. The third-order valence-electron chi connectivity index (χ3n) is 3.69. The van der Waals surface area contributed by atoms with Crippen LogP contribution in [-0.4, -0.2) is 9.97 Å². The number of aromatic nitrogens is 2. The predicted molar refractivity (Wildman–Crippen MR) is 82.2 cm³/mol. The number of aromatic amines is 1. The van der Waals surface area contributed by atoms with Crippen molar-refractivity contribution in [1.82, 2.24) is 9.97 Å². The Morgan fingerprint density at radius 1 is 0.952 bits per heavy atom. The van der Waals surface area contributed by atoms with Gasteiger partial charge < -0.3 is 9.40 Å². The average molecular weight is 274 g/mol. The van der Waals surface area contributed by atoms with E-state index in [4.69, 9.17) is 4.42 Å². The molecule has 0 aliphatic heterocycles. The van der Waals surface area contributed by atoms with E-state index in [1.54, 1.807) is 6.33 Å². The van der Waals surface area contributed by atoms with Crippen LogP contribution in [0.5, 0.6) is 0 Å². The monoisotopic (exact) mass is 274 g/mol. The molecule has 2 heterocycles. The maximum Gasteiger partial charge on any atom is 0.134 e. The van der Waals surface area contributed by atoms with E-state index < -0.39 is 0 Å². The number of H-pyrrole nitrogens is 1. The van der Waals surface area contributed by atoms with Gasteiger partial charge >= 0.3 is 0 Å². The summed E-state index contributed by atoms with van der Waals surface area (Å²) in [7, 11) is 0. The number of furan rings is 1. The van der Waals surface area contributed by atoms with Crippen molar-refractivity contribution in [3.8, 4) is 0 Å². The highest BCUT2D eigenvalue weighted by molar-refractivity contribution is 5.78. The number of benzene rings is 2. The molecule has 0 amide bonds. The van der Waals surface area contributed by atoms with Crippen LogP contribution in [0.1, 0.15) is 22.9 Å². The van der Waals surface area contributed by atoms with Crippen molar-refractivity contribution in [3.05, 3.63) is 90.2 Å². The summed E-state index contributed by atoms with van der Waals surface area (Å²) >= 11 is 0. The Balaban J connectivity index is 1.90. The van der Waals surface area contributed by atoms with Crippen molar-refractivity contribution < 1.29 is 4.42 Å². The van der Waals surface area contributed by atoms with E-state index in [2.05, 4.69) is 34.2 Å². The maximum absolute atomic E-state index is 6.06. The molecule has 3 nitrogen and oxygen atoms in total. The molecule has 1 N–H and O–H groups in total. The molecule has 0 radical (unpaired) electrons. The van der Waals surface area contributed by atoms with Crippen molar-refractivity contribution in [1.29, 1.82) is 0 Å². The van der Waals surface area contributed by atoms with Crippen LogP contribution in [0, 0.1) is 0 Å². The number of fused-ring (bicyclic) bond motifs is 1. The zero-order chi connectivity index (χ0) is 14.1. The molecule has 1 unspecified atom stereocenters. The Kier molecular flexibility index (Phi) is 2.82. The second-order valence-electron chi connectivity index (χ2n) is 5.04. The van der Waals surface area contributed by atoms with Crippen LogP contribution in [0.3, 0.4) is 0 Å². The van der Waals surface area contributed by atoms with Gasteiger partial charge in [0.05, 0.1) is 12.2 Å². The molecule has 102 valence electrons. The first kappa shape index (κ1) is 12.0. The summed E-state index contributed by atoms with van der Waals surface area (Å²) in [6, 6.07) is 20.5. The zero-order valence-corrected chi connectivity index (χ0v) is 11.4. The average Bonchev–Trinajstić information content (AvgIpc) is 3.18. The fourth-order valence-corrected chi connectivity index (χ4v) is 2.71. The molecular weight excluding hydrogens is 260 g/mol. The highest BCUT2D eigenvalue weighted by Crippen LogP contribution is 2.33. The lowest BCUT2D eigenvalue weighted by molar-refractivity contribution is 0.539. The van der Waals surface area contributed by atoms with Crippen LogP contribution in [0.2, 0.25) is 0 Å². The van der Waals surface area contributed by atoms with Crippen LogP contribution in [-0.2, 0) is 0 Å². The molecule has 21 heavy (non-hydrogen) atoms. The van der Waals surface area contributed by atoms with Gasteiger partial charge in [0, 0.05) is 17.3 Å². The van der Waals surface area contributed by atoms with Crippen LogP contribution >= 0.6 is 0 Å². The van der Waals surface area contributed by atoms with E-state index in [9.17, 15) is 0 Å². The number of nitrogens with one attached hydrogen (secondary N) is 1. The van der Waals surface area contributed by atoms with Crippen molar-refractivity contribution in [2.45, 2.75) is 5.92 Å². The standard InChI is InChI=1S/C18H14N2O/c1-2-6-13(7-3-1)18(15-11-19-12-20-15)17-10-14-8-4-5-9-16(14)21-17/h1-12,18H,(H,19,20). The predicted octanol–water partition coefficient (Wildman–Crippen LogP) is 4.34. The lowest BCUT2D eigenvalue weighted by Crippen LogP contribution is -2.02. The molecule has 0 aliphatic rings. The Morgan fingerprint density at radius 2 is 1.76 bits per heavy atom. The maximum atomic E-state index is 6.06. The molecule has 0 bridgehead atoms. The number of rotatable bonds is 3. The number of hydrogen-bond acceptors (Lipinski definition) is 2. The summed E-state index contributed by atoms with van der Waals surface area (Å²) in [6.07, 6.45) is 3.55. The first-order chi connectivity index (χ1) is 10.4. The minimum atomic E-state index is 0.0288. The van der Waals surface area contributed by atoms with E-state index in [1.807, 2.05) is 42.6 Å². The van der Waals surface area contributed by atoms with Crippen LogP contribution < -0.4 is 0 Å². The first-order valence-corrected chi connectivity index (χ1v) is 6.93. The van der Waals surface area contributed by atoms with Gasteiger partial charge in [0.2, 0.25) is 0 Å². The van der Waals surface area contributed by atoms with Crippen molar-refractivity contribution in [3.63, 3.8) is 0 Å². The first-order valence-electron chi connectivity index (χ1n) is 6.93. The third kappa shape index (κ3) is 2.13. The Bertz CT molecular complexity index is 814.